The van der Waals surface area contributed by atoms with Gasteiger partial charge in [-0.3, -0.25) is 9.59 Å². The summed E-state index contributed by atoms with van der Waals surface area (Å²) in [5, 5.41) is 8.66. The molecule has 1 aromatic carbocycles. The minimum Gasteiger partial charge on any atom is -0.481 e. The molecule has 19 heavy (non-hydrogen) atoms. The molecule has 0 unspecified atom stereocenters. The van der Waals surface area contributed by atoms with Gasteiger partial charge < -0.3 is 10.0 Å². The van der Waals surface area contributed by atoms with Crippen molar-refractivity contribution in [2.45, 2.75) is 19.3 Å². The van der Waals surface area contributed by atoms with Gasteiger partial charge in [0.05, 0.1) is 12.1 Å². The summed E-state index contributed by atoms with van der Waals surface area (Å²) in [6.45, 7) is -0.162. The number of hydrogen-bond acceptors (Lipinski definition) is 2. The lowest BCUT2D eigenvalue weighted by Gasteiger charge is -2.22. The molecule has 6 heteroatoms. The first-order valence-electron chi connectivity index (χ1n) is 5.97. The van der Waals surface area contributed by atoms with Crippen LogP contribution in [0.4, 0.5) is 14.5 Å². The summed E-state index contributed by atoms with van der Waals surface area (Å²) < 4.78 is 26.8. The molecule has 1 amide bonds. The van der Waals surface area contributed by atoms with Crippen molar-refractivity contribution in [2.75, 3.05) is 11.4 Å². The van der Waals surface area contributed by atoms with E-state index in [1.807, 2.05) is 0 Å². The zero-order chi connectivity index (χ0) is 14.0. The normalized spacial score (nSPS) is 14.2. The number of carboxylic acids is 1. The minimum absolute atomic E-state index is 0.162. The Bertz CT molecular complexity index is 515. The quantitative estimate of drug-likeness (QED) is 0.891. The Morgan fingerprint density at radius 3 is 2.58 bits per heavy atom. The van der Waals surface area contributed by atoms with E-state index in [4.69, 9.17) is 5.11 Å². The Morgan fingerprint density at radius 2 is 2.00 bits per heavy atom. The van der Waals surface area contributed by atoms with Gasteiger partial charge in [-0.1, -0.05) is 0 Å². The number of rotatable bonds is 5. The van der Waals surface area contributed by atoms with Crippen LogP contribution in [0.15, 0.2) is 18.2 Å². The maximum atomic E-state index is 13.7. The molecule has 4 nitrogen and oxygen atoms in total. The maximum absolute atomic E-state index is 13.7. The van der Waals surface area contributed by atoms with Crippen molar-refractivity contribution in [3.05, 3.63) is 29.8 Å². The Balaban J connectivity index is 2.26. The lowest BCUT2D eigenvalue weighted by molar-refractivity contribution is -0.136. The average molecular weight is 269 g/mol. The molecular formula is C13H13F2NO3. The Kier molecular flexibility index (Phi) is 3.78. The highest BCUT2D eigenvalue weighted by Gasteiger charge is 2.35. The van der Waals surface area contributed by atoms with Gasteiger partial charge in [-0.2, -0.15) is 0 Å². The molecule has 1 saturated carbocycles. The highest BCUT2D eigenvalue weighted by Crippen LogP contribution is 2.33. The molecule has 0 saturated heterocycles. The summed E-state index contributed by atoms with van der Waals surface area (Å²) in [7, 11) is 0. The van der Waals surface area contributed by atoms with Crippen LogP contribution in [0.2, 0.25) is 0 Å². The molecular weight excluding hydrogens is 256 g/mol. The van der Waals surface area contributed by atoms with Crippen molar-refractivity contribution in [3.63, 3.8) is 0 Å². The number of carboxylic acid groups (broad SMARTS) is 1. The van der Waals surface area contributed by atoms with Crippen LogP contribution < -0.4 is 4.90 Å². The second-order valence-electron chi connectivity index (χ2n) is 4.50. The summed E-state index contributed by atoms with van der Waals surface area (Å²) in [4.78, 5) is 23.6. The van der Waals surface area contributed by atoms with Gasteiger partial charge in [0.25, 0.3) is 0 Å². The van der Waals surface area contributed by atoms with E-state index >= 15 is 0 Å². The lowest BCUT2D eigenvalue weighted by Crippen LogP contribution is -2.35. The van der Waals surface area contributed by atoms with E-state index < -0.39 is 17.6 Å². The predicted molar refractivity (Wildman–Crippen MR) is 63.7 cm³/mol. The van der Waals surface area contributed by atoms with Crippen LogP contribution >= 0.6 is 0 Å². The van der Waals surface area contributed by atoms with Gasteiger partial charge in [0.15, 0.2) is 0 Å². The molecule has 102 valence electrons. The van der Waals surface area contributed by atoms with Crippen molar-refractivity contribution in [1.82, 2.24) is 0 Å². The molecule has 2 rings (SSSR count). The van der Waals surface area contributed by atoms with E-state index in [1.54, 1.807) is 0 Å². The second-order valence-corrected chi connectivity index (χ2v) is 4.50. The number of benzene rings is 1. The highest BCUT2D eigenvalue weighted by molar-refractivity contribution is 5.96. The molecule has 0 bridgehead atoms. The molecule has 0 heterocycles. The average Bonchev–Trinajstić information content (AvgIpc) is 3.17. The van der Waals surface area contributed by atoms with Gasteiger partial charge in [0, 0.05) is 18.5 Å². The lowest BCUT2D eigenvalue weighted by atomic mass is 10.2. The van der Waals surface area contributed by atoms with Crippen LogP contribution in [0.5, 0.6) is 0 Å². The number of hydrogen-bond donors (Lipinski definition) is 1. The first-order chi connectivity index (χ1) is 8.99. The minimum atomic E-state index is -1.09. The fourth-order valence-corrected chi connectivity index (χ4v) is 1.80. The first kappa shape index (κ1) is 13.5. The smallest absolute Gasteiger partial charge is 0.305 e. The monoisotopic (exact) mass is 269 g/mol. The summed E-state index contributed by atoms with van der Waals surface area (Å²) in [6, 6.07) is 2.80. The summed E-state index contributed by atoms with van der Waals surface area (Å²) in [5.41, 5.74) is -0.196. The van der Waals surface area contributed by atoms with Crippen LogP contribution in [0.3, 0.4) is 0 Å². The Labute approximate surface area is 108 Å². The topological polar surface area (TPSA) is 57.6 Å². The van der Waals surface area contributed by atoms with Crippen molar-refractivity contribution in [3.8, 4) is 0 Å². The van der Waals surface area contributed by atoms with Gasteiger partial charge in [0.2, 0.25) is 5.91 Å². The highest BCUT2D eigenvalue weighted by atomic mass is 19.1. The van der Waals surface area contributed by atoms with Crippen molar-refractivity contribution >= 4 is 17.6 Å². The molecule has 1 fully saturated rings. The number of aliphatic carboxylic acids is 1. The summed E-state index contributed by atoms with van der Waals surface area (Å²) in [5.74, 6) is -3.03. The van der Waals surface area contributed by atoms with Gasteiger partial charge in [-0.05, 0) is 25.0 Å². The standard InChI is InChI=1S/C13H13F2NO3/c14-9-3-4-10(15)11(7-9)16(6-5-12(17)18)13(19)8-1-2-8/h3-4,7-8H,1-2,5-6H2,(H,17,18). The van der Waals surface area contributed by atoms with Crippen molar-refractivity contribution in [1.29, 1.82) is 0 Å². The molecule has 0 radical (unpaired) electrons. The first-order valence-corrected chi connectivity index (χ1v) is 5.97. The fourth-order valence-electron chi connectivity index (χ4n) is 1.80. The fraction of sp³-hybridized carbons (Fsp3) is 0.385. The van der Waals surface area contributed by atoms with Crippen molar-refractivity contribution in [2.24, 2.45) is 5.92 Å². The molecule has 0 aromatic heterocycles. The van der Waals surface area contributed by atoms with Crippen LogP contribution in [0.25, 0.3) is 0 Å². The third-order valence-electron chi connectivity index (χ3n) is 2.94. The molecule has 0 aliphatic heterocycles. The van der Waals surface area contributed by atoms with E-state index in [0.29, 0.717) is 12.8 Å². The molecule has 0 atom stereocenters. The maximum Gasteiger partial charge on any atom is 0.305 e. The van der Waals surface area contributed by atoms with Gasteiger partial charge in [-0.25, -0.2) is 8.78 Å². The van der Waals surface area contributed by atoms with Gasteiger partial charge in [0.1, 0.15) is 11.6 Å². The van der Waals surface area contributed by atoms with Crippen LogP contribution in [0.1, 0.15) is 19.3 Å². The third kappa shape index (κ3) is 3.27. The van der Waals surface area contributed by atoms with E-state index in [0.717, 1.165) is 23.1 Å². The van der Waals surface area contributed by atoms with E-state index in [9.17, 15) is 18.4 Å². The summed E-state index contributed by atoms with van der Waals surface area (Å²) in [6.07, 6.45) is 1.10. The Morgan fingerprint density at radius 1 is 1.32 bits per heavy atom. The number of carbonyl (C=O) groups is 2. The number of anilines is 1. The van der Waals surface area contributed by atoms with Crippen LogP contribution in [-0.4, -0.2) is 23.5 Å². The number of amides is 1. The van der Waals surface area contributed by atoms with E-state index in [2.05, 4.69) is 0 Å². The van der Waals surface area contributed by atoms with E-state index in [-0.39, 0.29) is 30.5 Å². The SMILES string of the molecule is O=C(O)CCN(C(=O)C1CC1)c1cc(F)ccc1F. The van der Waals surface area contributed by atoms with Gasteiger partial charge >= 0.3 is 5.97 Å². The van der Waals surface area contributed by atoms with Gasteiger partial charge in [-0.15, -0.1) is 0 Å². The summed E-state index contributed by atoms with van der Waals surface area (Å²) >= 11 is 0. The third-order valence-corrected chi connectivity index (χ3v) is 2.94. The molecule has 1 N–H and O–H groups in total. The van der Waals surface area contributed by atoms with E-state index in [1.165, 1.54) is 0 Å². The molecule has 1 aliphatic carbocycles. The molecule has 1 aliphatic rings. The largest absolute Gasteiger partial charge is 0.481 e. The molecule has 1 aromatic rings. The number of halogens is 2. The Hall–Kier alpha value is -1.98. The zero-order valence-corrected chi connectivity index (χ0v) is 10.1. The van der Waals surface area contributed by atoms with Crippen molar-refractivity contribution < 1.29 is 23.5 Å². The predicted octanol–water partition coefficient (Wildman–Crippen LogP) is 2.18. The zero-order valence-electron chi connectivity index (χ0n) is 10.1. The van der Waals surface area contributed by atoms with Crippen LogP contribution in [-0.2, 0) is 9.59 Å². The number of carbonyl (C=O) groups excluding carboxylic acids is 1. The number of nitrogens with zero attached hydrogens (tertiary/aromatic N) is 1. The molecule has 0 spiro atoms. The van der Waals surface area contributed by atoms with Crippen LogP contribution in [0, 0.1) is 17.6 Å². The second kappa shape index (κ2) is 5.34.